The van der Waals surface area contributed by atoms with E-state index < -0.39 is 11.6 Å². The topological polar surface area (TPSA) is 80.0 Å². The molecule has 0 saturated carbocycles. The number of aryl methyl sites for hydroxylation is 1. The number of amides is 1. The van der Waals surface area contributed by atoms with Gasteiger partial charge in [0.15, 0.2) is 28.6 Å². The van der Waals surface area contributed by atoms with Crippen LogP contribution in [0.2, 0.25) is 0 Å². The number of benzene rings is 1. The highest BCUT2D eigenvalue weighted by Crippen LogP contribution is 2.22. The Morgan fingerprint density at radius 3 is 2.58 bits per heavy atom. The maximum Gasteiger partial charge on any atom is 0.254 e. The lowest BCUT2D eigenvalue weighted by Crippen LogP contribution is -2.49. The average molecular weight is 359 g/mol. The summed E-state index contributed by atoms with van der Waals surface area (Å²) in [6.45, 7) is 1.95. The van der Waals surface area contributed by atoms with Gasteiger partial charge >= 0.3 is 0 Å². The zero-order valence-electron chi connectivity index (χ0n) is 13.9. The van der Waals surface area contributed by atoms with Gasteiger partial charge in [-0.3, -0.25) is 4.79 Å². The van der Waals surface area contributed by atoms with Crippen LogP contribution in [0.4, 0.5) is 14.6 Å². The SMILES string of the molecule is Cn1nnc2c(N3CCN(C(=O)c4ccc(F)c(F)c4)CC3)ncnc21. The third-order valence-corrected chi connectivity index (χ3v) is 4.40. The van der Waals surface area contributed by atoms with Crippen molar-refractivity contribution in [1.82, 2.24) is 29.9 Å². The quantitative estimate of drug-likeness (QED) is 0.679. The largest absolute Gasteiger partial charge is 0.351 e. The van der Waals surface area contributed by atoms with Crippen LogP contribution in [0.1, 0.15) is 10.4 Å². The molecule has 0 bridgehead atoms. The number of nitrogens with zero attached hydrogens (tertiary/aromatic N) is 7. The first-order chi connectivity index (χ1) is 12.5. The fourth-order valence-corrected chi connectivity index (χ4v) is 3.01. The average Bonchev–Trinajstić information content (AvgIpc) is 3.05. The molecular weight excluding hydrogens is 344 g/mol. The minimum absolute atomic E-state index is 0.135. The summed E-state index contributed by atoms with van der Waals surface area (Å²) in [7, 11) is 1.75. The summed E-state index contributed by atoms with van der Waals surface area (Å²) in [5.41, 5.74) is 1.38. The summed E-state index contributed by atoms with van der Waals surface area (Å²) < 4.78 is 28.0. The molecule has 1 amide bonds. The molecule has 0 atom stereocenters. The molecule has 1 aromatic carbocycles. The minimum Gasteiger partial charge on any atom is -0.351 e. The lowest BCUT2D eigenvalue weighted by atomic mass is 10.1. The van der Waals surface area contributed by atoms with E-state index in [0.29, 0.717) is 43.2 Å². The highest BCUT2D eigenvalue weighted by atomic mass is 19.2. The summed E-state index contributed by atoms with van der Waals surface area (Å²) in [6.07, 6.45) is 1.46. The predicted molar refractivity (Wildman–Crippen MR) is 88.6 cm³/mol. The second-order valence-corrected chi connectivity index (χ2v) is 5.99. The second kappa shape index (κ2) is 6.28. The summed E-state index contributed by atoms with van der Waals surface area (Å²) in [6, 6.07) is 3.18. The van der Waals surface area contributed by atoms with Crippen LogP contribution in [0.5, 0.6) is 0 Å². The number of carbonyl (C=O) groups is 1. The molecule has 10 heteroatoms. The summed E-state index contributed by atoms with van der Waals surface area (Å²) in [5.74, 6) is -1.65. The number of piperazine rings is 1. The van der Waals surface area contributed by atoms with Gasteiger partial charge in [0.1, 0.15) is 6.33 Å². The fraction of sp³-hybridized carbons (Fsp3) is 0.312. The normalized spacial score (nSPS) is 14.9. The maximum absolute atomic E-state index is 13.4. The third kappa shape index (κ3) is 2.72. The van der Waals surface area contributed by atoms with Crippen molar-refractivity contribution in [1.29, 1.82) is 0 Å². The molecule has 0 unspecified atom stereocenters. The van der Waals surface area contributed by atoms with Gasteiger partial charge < -0.3 is 9.80 Å². The Morgan fingerprint density at radius 1 is 1.08 bits per heavy atom. The Labute approximate surface area is 147 Å². The molecule has 2 aromatic heterocycles. The van der Waals surface area contributed by atoms with Crippen LogP contribution >= 0.6 is 0 Å². The van der Waals surface area contributed by atoms with Crippen molar-refractivity contribution < 1.29 is 13.6 Å². The highest BCUT2D eigenvalue weighted by Gasteiger charge is 2.25. The molecule has 0 N–H and O–H groups in total. The first kappa shape index (κ1) is 16.3. The molecule has 3 aromatic rings. The van der Waals surface area contributed by atoms with Gasteiger partial charge in [-0.2, -0.15) is 0 Å². The van der Waals surface area contributed by atoms with Gasteiger partial charge in [0.2, 0.25) is 0 Å². The minimum atomic E-state index is -1.03. The van der Waals surface area contributed by atoms with Crippen LogP contribution in [-0.2, 0) is 7.05 Å². The van der Waals surface area contributed by atoms with Crippen molar-refractivity contribution in [2.24, 2.45) is 7.05 Å². The monoisotopic (exact) mass is 359 g/mol. The number of rotatable bonds is 2. The van der Waals surface area contributed by atoms with Crippen molar-refractivity contribution in [2.45, 2.75) is 0 Å². The molecule has 1 aliphatic heterocycles. The van der Waals surface area contributed by atoms with Crippen molar-refractivity contribution >= 4 is 22.9 Å². The van der Waals surface area contributed by atoms with Gasteiger partial charge in [-0.15, -0.1) is 5.10 Å². The molecule has 4 rings (SSSR count). The van der Waals surface area contributed by atoms with E-state index in [-0.39, 0.29) is 11.5 Å². The van der Waals surface area contributed by atoms with E-state index in [4.69, 9.17) is 0 Å². The van der Waals surface area contributed by atoms with E-state index in [9.17, 15) is 13.6 Å². The first-order valence-electron chi connectivity index (χ1n) is 8.04. The fourth-order valence-electron chi connectivity index (χ4n) is 3.01. The molecule has 26 heavy (non-hydrogen) atoms. The summed E-state index contributed by atoms with van der Waals surface area (Å²) in [4.78, 5) is 24.6. The Hall–Kier alpha value is -3.17. The number of hydrogen-bond acceptors (Lipinski definition) is 6. The van der Waals surface area contributed by atoms with Crippen LogP contribution in [0.15, 0.2) is 24.5 Å². The van der Waals surface area contributed by atoms with Gasteiger partial charge in [-0.25, -0.2) is 23.4 Å². The van der Waals surface area contributed by atoms with Crippen LogP contribution in [0.25, 0.3) is 11.2 Å². The molecule has 1 aliphatic rings. The molecule has 3 heterocycles. The van der Waals surface area contributed by atoms with Crippen molar-refractivity contribution in [2.75, 3.05) is 31.1 Å². The number of anilines is 1. The lowest BCUT2D eigenvalue weighted by molar-refractivity contribution is 0.0746. The molecule has 0 aliphatic carbocycles. The van der Waals surface area contributed by atoms with Gasteiger partial charge in [0.05, 0.1) is 0 Å². The Kier molecular flexibility index (Phi) is 3.94. The zero-order valence-corrected chi connectivity index (χ0v) is 13.9. The predicted octanol–water partition coefficient (Wildman–Crippen LogP) is 0.999. The number of fused-ring (bicyclic) bond motifs is 1. The zero-order chi connectivity index (χ0) is 18.3. The van der Waals surface area contributed by atoms with Gasteiger partial charge in [-0.05, 0) is 18.2 Å². The van der Waals surface area contributed by atoms with Crippen LogP contribution < -0.4 is 4.90 Å². The summed E-state index contributed by atoms with van der Waals surface area (Å²) in [5, 5.41) is 8.06. The Bertz CT molecular complexity index is 982. The molecule has 8 nitrogen and oxygen atoms in total. The Morgan fingerprint density at radius 2 is 1.85 bits per heavy atom. The third-order valence-electron chi connectivity index (χ3n) is 4.40. The van der Waals surface area contributed by atoms with E-state index in [1.165, 1.54) is 12.4 Å². The van der Waals surface area contributed by atoms with Gasteiger partial charge in [-0.1, -0.05) is 5.21 Å². The molecule has 0 spiro atoms. The van der Waals surface area contributed by atoms with E-state index >= 15 is 0 Å². The van der Waals surface area contributed by atoms with Crippen molar-refractivity contribution in [3.05, 3.63) is 41.7 Å². The summed E-state index contributed by atoms with van der Waals surface area (Å²) >= 11 is 0. The maximum atomic E-state index is 13.4. The van der Waals surface area contributed by atoms with E-state index in [1.807, 2.05) is 4.90 Å². The van der Waals surface area contributed by atoms with E-state index in [2.05, 4.69) is 20.3 Å². The van der Waals surface area contributed by atoms with Crippen molar-refractivity contribution in [3.63, 3.8) is 0 Å². The standard InChI is InChI=1S/C16H15F2N7O/c1-23-14-13(21-22-23)15(20-9-19-14)24-4-6-25(7-5-24)16(26)10-2-3-11(17)12(18)8-10/h2-3,8-9H,4-7H2,1H3. The van der Waals surface area contributed by atoms with Crippen molar-refractivity contribution in [3.8, 4) is 0 Å². The lowest BCUT2D eigenvalue weighted by Gasteiger charge is -2.35. The number of carbonyl (C=O) groups excluding carboxylic acids is 1. The van der Waals surface area contributed by atoms with Crippen LogP contribution in [-0.4, -0.2) is 61.9 Å². The van der Waals surface area contributed by atoms with Crippen LogP contribution in [0, 0.1) is 11.6 Å². The number of halogens is 2. The second-order valence-electron chi connectivity index (χ2n) is 5.99. The molecule has 134 valence electrons. The Balaban J connectivity index is 1.50. The molecular formula is C16H15F2N7O. The van der Waals surface area contributed by atoms with Gasteiger partial charge in [0, 0.05) is 38.8 Å². The molecule has 1 fully saturated rings. The highest BCUT2D eigenvalue weighted by molar-refractivity contribution is 5.94. The number of hydrogen-bond donors (Lipinski definition) is 0. The van der Waals surface area contributed by atoms with Gasteiger partial charge in [0.25, 0.3) is 5.91 Å². The first-order valence-corrected chi connectivity index (χ1v) is 8.04. The smallest absolute Gasteiger partial charge is 0.254 e. The van der Waals surface area contributed by atoms with E-state index in [1.54, 1.807) is 16.6 Å². The molecule has 0 radical (unpaired) electrons. The molecule has 1 saturated heterocycles. The van der Waals surface area contributed by atoms with E-state index in [0.717, 1.165) is 12.1 Å². The number of aromatic nitrogens is 5. The van der Waals surface area contributed by atoms with Crippen LogP contribution in [0.3, 0.4) is 0 Å².